The quantitative estimate of drug-likeness (QED) is 0.766. The minimum atomic E-state index is 0.774. The molecular formula is C18H26BrN. The zero-order chi connectivity index (χ0) is 14.4. The van der Waals surface area contributed by atoms with Crippen LogP contribution in [0.3, 0.4) is 0 Å². The molecule has 0 aliphatic heterocycles. The summed E-state index contributed by atoms with van der Waals surface area (Å²) in [5.41, 5.74) is 4.20. The molecule has 1 saturated carbocycles. The van der Waals surface area contributed by atoms with Crippen LogP contribution in [0, 0.1) is 12.8 Å². The van der Waals surface area contributed by atoms with Crippen molar-refractivity contribution in [1.82, 2.24) is 5.32 Å². The number of rotatable bonds is 5. The number of aryl methyl sites for hydroxylation is 1. The first-order chi connectivity index (χ1) is 9.70. The largest absolute Gasteiger partial charge is 0.313 e. The Bertz CT molecular complexity index is 458. The van der Waals surface area contributed by atoms with Gasteiger partial charge < -0.3 is 5.32 Å². The summed E-state index contributed by atoms with van der Waals surface area (Å²) in [7, 11) is 0. The van der Waals surface area contributed by atoms with Crippen molar-refractivity contribution in [3.05, 3.63) is 39.4 Å². The number of nitrogens with one attached hydrogen (secondary N) is 1. The van der Waals surface area contributed by atoms with Gasteiger partial charge in [0.05, 0.1) is 0 Å². The third-order valence-electron chi connectivity index (χ3n) is 4.21. The predicted octanol–water partition coefficient (Wildman–Crippen LogP) is 5.33. The molecule has 2 rings (SSSR count). The van der Waals surface area contributed by atoms with Crippen molar-refractivity contribution >= 4 is 22.0 Å². The van der Waals surface area contributed by atoms with E-state index in [1.807, 2.05) is 0 Å². The van der Waals surface area contributed by atoms with E-state index in [2.05, 4.69) is 59.4 Å². The molecule has 0 radical (unpaired) electrons. The Morgan fingerprint density at radius 1 is 1.30 bits per heavy atom. The molecule has 0 saturated heterocycles. The van der Waals surface area contributed by atoms with Crippen LogP contribution < -0.4 is 5.32 Å². The maximum absolute atomic E-state index is 3.70. The molecule has 1 aliphatic carbocycles. The lowest BCUT2D eigenvalue weighted by Crippen LogP contribution is -2.22. The van der Waals surface area contributed by atoms with Crippen molar-refractivity contribution in [2.75, 3.05) is 13.1 Å². The highest BCUT2D eigenvalue weighted by molar-refractivity contribution is 9.10. The van der Waals surface area contributed by atoms with Crippen molar-refractivity contribution < 1.29 is 0 Å². The molecule has 1 nitrogen and oxygen atoms in total. The van der Waals surface area contributed by atoms with Gasteiger partial charge >= 0.3 is 0 Å². The van der Waals surface area contributed by atoms with Gasteiger partial charge in [-0.3, -0.25) is 0 Å². The normalized spacial score (nSPS) is 17.4. The molecule has 110 valence electrons. The molecule has 20 heavy (non-hydrogen) atoms. The Hall–Kier alpha value is -0.600. The summed E-state index contributed by atoms with van der Waals surface area (Å²) < 4.78 is 1.21. The summed E-state index contributed by atoms with van der Waals surface area (Å²) in [5.74, 6) is 0.774. The molecule has 0 spiro atoms. The van der Waals surface area contributed by atoms with E-state index in [1.165, 1.54) is 47.7 Å². The Labute approximate surface area is 132 Å². The lowest BCUT2D eigenvalue weighted by Gasteiger charge is -2.25. The van der Waals surface area contributed by atoms with Crippen molar-refractivity contribution in [2.45, 2.75) is 46.0 Å². The first-order valence-electron chi connectivity index (χ1n) is 7.88. The van der Waals surface area contributed by atoms with E-state index in [0.29, 0.717) is 0 Å². The Morgan fingerprint density at radius 2 is 2.05 bits per heavy atom. The molecule has 2 heteroatoms. The van der Waals surface area contributed by atoms with E-state index in [0.717, 1.165) is 19.0 Å². The molecule has 0 atom stereocenters. The van der Waals surface area contributed by atoms with E-state index >= 15 is 0 Å². The Morgan fingerprint density at radius 3 is 2.70 bits per heavy atom. The molecule has 1 aromatic carbocycles. The minimum Gasteiger partial charge on any atom is -0.313 e. The van der Waals surface area contributed by atoms with Crippen molar-refractivity contribution in [3.8, 4) is 0 Å². The topological polar surface area (TPSA) is 12.0 Å². The van der Waals surface area contributed by atoms with Crippen LogP contribution >= 0.6 is 15.9 Å². The molecule has 0 amide bonds. The summed E-state index contributed by atoms with van der Waals surface area (Å²) in [6.07, 6.45) is 9.33. The van der Waals surface area contributed by atoms with Gasteiger partial charge in [-0.15, -0.1) is 0 Å². The highest BCUT2D eigenvalue weighted by Crippen LogP contribution is 2.31. The van der Waals surface area contributed by atoms with Crippen LogP contribution in [0.25, 0.3) is 6.08 Å². The van der Waals surface area contributed by atoms with Gasteiger partial charge in [-0.25, -0.2) is 0 Å². The molecule has 1 aromatic rings. The molecule has 0 aromatic heterocycles. The van der Waals surface area contributed by atoms with Gasteiger partial charge in [0.1, 0.15) is 0 Å². The third-order valence-corrected chi connectivity index (χ3v) is 4.89. The van der Waals surface area contributed by atoms with Crippen molar-refractivity contribution in [3.63, 3.8) is 0 Å². The van der Waals surface area contributed by atoms with Crippen LogP contribution in [0.2, 0.25) is 0 Å². The second-order valence-corrected chi connectivity index (χ2v) is 6.71. The maximum atomic E-state index is 3.70. The van der Waals surface area contributed by atoms with Crippen molar-refractivity contribution in [1.29, 1.82) is 0 Å². The van der Waals surface area contributed by atoms with Gasteiger partial charge in [-0.1, -0.05) is 65.9 Å². The number of hydrogen-bond donors (Lipinski definition) is 1. The predicted molar refractivity (Wildman–Crippen MR) is 92.0 cm³/mol. The molecule has 0 unspecified atom stereocenters. The number of benzene rings is 1. The molecule has 0 bridgehead atoms. The first kappa shape index (κ1) is 15.8. The second-order valence-electron chi connectivity index (χ2n) is 5.86. The number of halogens is 1. The maximum Gasteiger partial charge on any atom is 0.0250 e. The van der Waals surface area contributed by atoms with Gasteiger partial charge in [0, 0.05) is 11.0 Å². The van der Waals surface area contributed by atoms with Gasteiger partial charge in [0.2, 0.25) is 0 Å². The fraction of sp³-hybridized carbons (Fsp3) is 0.556. The van der Waals surface area contributed by atoms with Gasteiger partial charge in [0.15, 0.2) is 0 Å². The van der Waals surface area contributed by atoms with E-state index in [4.69, 9.17) is 0 Å². The molecule has 1 N–H and O–H groups in total. The summed E-state index contributed by atoms with van der Waals surface area (Å²) in [4.78, 5) is 0. The smallest absolute Gasteiger partial charge is 0.0250 e. The fourth-order valence-electron chi connectivity index (χ4n) is 3.00. The lowest BCUT2D eigenvalue weighted by molar-refractivity contribution is 0.397. The van der Waals surface area contributed by atoms with Crippen LogP contribution in [-0.2, 0) is 0 Å². The highest BCUT2D eigenvalue weighted by Gasteiger charge is 2.17. The molecular weight excluding hydrogens is 310 g/mol. The van der Waals surface area contributed by atoms with Crippen LogP contribution in [0.1, 0.15) is 50.2 Å². The Kier molecular flexibility index (Phi) is 6.31. The first-order valence-corrected chi connectivity index (χ1v) is 8.67. The fourth-order valence-corrected chi connectivity index (χ4v) is 3.61. The Balaban J connectivity index is 2.21. The van der Waals surface area contributed by atoms with Crippen LogP contribution in [0.4, 0.5) is 0 Å². The highest BCUT2D eigenvalue weighted by atomic mass is 79.9. The summed E-state index contributed by atoms with van der Waals surface area (Å²) in [5, 5.41) is 3.51. The third kappa shape index (κ3) is 4.46. The molecule has 0 heterocycles. The monoisotopic (exact) mass is 335 g/mol. The average Bonchev–Trinajstić information content (AvgIpc) is 2.46. The SMILES string of the molecule is CCNC/C(=C/c1ccc(C)cc1Br)C1CCCCC1. The summed E-state index contributed by atoms with van der Waals surface area (Å²) in [6.45, 7) is 6.39. The van der Waals surface area contributed by atoms with E-state index in [1.54, 1.807) is 5.57 Å². The zero-order valence-electron chi connectivity index (χ0n) is 12.7. The summed E-state index contributed by atoms with van der Waals surface area (Å²) >= 11 is 3.70. The molecule has 1 fully saturated rings. The number of likely N-dealkylation sites (N-methyl/N-ethyl adjacent to an activating group) is 1. The zero-order valence-corrected chi connectivity index (χ0v) is 14.3. The van der Waals surface area contributed by atoms with Crippen molar-refractivity contribution in [2.24, 2.45) is 5.92 Å². The van der Waals surface area contributed by atoms with Crippen LogP contribution in [0.5, 0.6) is 0 Å². The van der Waals surface area contributed by atoms with Gasteiger partial charge in [-0.2, -0.15) is 0 Å². The average molecular weight is 336 g/mol. The van der Waals surface area contributed by atoms with E-state index < -0.39 is 0 Å². The van der Waals surface area contributed by atoms with Crippen LogP contribution in [-0.4, -0.2) is 13.1 Å². The lowest BCUT2D eigenvalue weighted by atomic mass is 9.83. The minimum absolute atomic E-state index is 0.774. The van der Waals surface area contributed by atoms with Crippen LogP contribution in [0.15, 0.2) is 28.2 Å². The van der Waals surface area contributed by atoms with Gasteiger partial charge in [0.25, 0.3) is 0 Å². The summed E-state index contributed by atoms with van der Waals surface area (Å²) in [6, 6.07) is 6.63. The second kappa shape index (κ2) is 7.99. The standard InChI is InChI=1S/C18H26BrN/c1-3-20-13-17(15-7-5-4-6-8-15)12-16-10-9-14(2)11-18(16)19/h9-12,15,20H,3-8,13H2,1-2H3/b17-12-. The number of hydrogen-bond acceptors (Lipinski definition) is 1. The molecule has 1 aliphatic rings. The van der Waals surface area contributed by atoms with Gasteiger partial charge in [-0.05, 0) is 49.4 Å². The van der Waals surface area contributed by atoms with E-state index in [9.17, 15) is 0 Å². The van der Waals surface area contributed by atoms with E-state index in [-0.39, 0.29) is 0 Å².